The van der Waals surface area contributed by atoms with Crippen molar-refractivity contribution in [3.8, 4) is 10.6 Å². The summed E-state index contributed by atoms with van der Waals surface area (Å²) in [6.07, 6.45) is 0. The van der Waals surface area contributed by atoms with Gasteiger partial charge in [-0.05, 0) is 0 Å². The molecular weight excluding hydrogens is 268 g/mol. The highest BCUT2D eigenvalue weighted by Crippen LogP contribution is 2.26. The fourth-order valence-corrected chi connectivity index (χ4v) is 2.79. The third-order valence-corrected chi connectivity index (χ3v) is 3.73. The zero-order valence-electron chi connectivity index (χ0n) is 9.83. The molecule has 2 aromatic rings. The summed E-state index contributed by atoms with van der Waals surface area (Å²) >= 11 is 1.69. The molecule has 1 aliphatic rings. The Hall–Kier alpha value is -0.940. The van der Waals surface area contributed by atoms with Gasteiger partial charge in [0.1, 0.15) is 5.01 Å². The standard InChI is InChI=1S/C13H14N2OS.ClH/c1-2-4-10(5-3-1)13-15-12(9-17-13)11-8-16-7-6-14-11;/h1-5,9,11,14H,6-8H2;1H. The highest BCUT2D eigenvalue weighted by atomic mass is 35.5. The van der Waals surface area contributed by atoms with Gasteiger partial charge in [0.05, 0.1) is 24.9 Å². The van der Waals surface area contributed by atoms with Crippen LogP contribution in [0.5, 0.6) is 0 Å². The van der Waals surface area contributed by atoms with Crippen molar-refractivity contribution >= 4 is 23.7 Å². The van der Waals surface area contributed by atoms with Crippen molar-refractivity contribution in [3.63, 3.8) is 0 Å². The van der Waals surface area contributed by atoms with E-state index in [1.165, 1.54) is 5.56 Å². The predicted octanol–water partition coefficient (Wildman–Crippen LogP) is 2.89. The summed E-state index contributed by atoms with van der Waals surface area (Å²) in [7, 11) is 0. The van der Waals surface area contributed by atoms with Crippen LogP contribution in [-0.4, -0.2) is 24.7 Å². The number of aromatic nitrogens is 1. The summed E-state index contributed by atoms with van der Waals surface area (Å²) < 4.78 is 5.45. The second-order valence-corrected chi connectivity index (χ2v) is 4.88. The van der Waals surface area contributed by atoms with Gasteiger partial charge in [-0.3, -0.25) is 0 Å². The Morgan fingerprint density at radius 3 is 2.83 bits per heavy atom. The maximum Gasteiger partial charge on any atom is 0.123 e. The number of hydrogen-bond donors (Lipinski definition) is 1. The first kappa shape index (κ1) is 13.5. The Morgan fingerprint density at radius 1 is 1.28 bits per heavy atom. The summed E-state index contributed by atoms with van der Waals surface area (Å²) in [6, 6.07) is 10.5. The Morgan fingerprint density at radius 2 is 2.11 bits per heavy atom. The molecule has 0 radical (unpaired) electrons. The number of ether oxygens (including phenoxy) is 1. The van der Waals surface area contributed by atoms with Gasteiger partial charge in [-0.2, -0.15) is 0 Å². The third kappa shape index (κ3) is 2.90. The summed E-state index contributed by atoms with van der Waals surface area (Å²) in [5.74, 6) is 0. The van der Waals surface area contributed by atoms with Crippen LogP contribution >= 0.6 is 23.7 Å². The van der Waals surface area contributed by atoms with Gasteiger partial charge < -0.3 is 10.1 Å². The van der Waals surface area contributed by atoms with Gasteiger partial charge in [-0.25, -0.2) is 4.98 Å². The first-order valence-corrected chi connectivity index (χ1v) is 6.63. The lowest BCUT2D eigenvalue weighted by Gasteiger charge is -2.21. The van der Waals surface area contributed by atoms with E-state index in [0.717, 1.165) is 30.5 Å². The van der Waals surface area contributed by atoms with E-state index in [1.54, 1.807) is 11.3 Å². The number of hydrogen-bond acceptors (Lipinski definition) is 4. The van der Waals surface area contributed by atoms with Crippen molar-refractivity contribution in [3.05, 3.63) is 41.4 Å². The van der Waals surface area contributed by atoms with Gasteiger partial charge in [0.15, 0.2) is 0 Å². The molecule has 18 heavy (non-hydrogen) atoms. The van der Waals surface area contributed by atoms with Crippen LogP contribution in [0.1, 0.15) is 11.7 Å². The maximum atomic E-state index is 5.45. The largest absolute Gasteiger partial charge is 0.378 e. The average Bonchev–Trinajstić information content (AvgIpc) is 2.90. The average molecular weight is 283 g/mol. The van der Waals surface area contributed by atoms with Gasteiger partial charge in [0, 0.05) is 17.5 Å². The van der Waals surface area contributed by atoms with Crippen LogP contribution in [0.3, 0.4) is 0 Å². The van der Waals surface area contributed by atoms with E-state index in [4.69, 9.17) is 4.74 Å². The monoisotopic (exact) mass is 282 g/mol. The Kier molecular flexibility index (Phi) is 4.72. The second-order valence-electron chi connectivity index (χ2n) is 4.03. The number of nitrogens with one attached hydrogen (secondary N) is 1. The maximum absolute atomic E-state index is 5.45. The molecule has 0 saturated carbocycles. The minimum atomic E-state index is 0. The van der Waals surface area contributed by atoms with Crippen LogP contribution in [0, 0.1) is 0 Å². The third-order valence-electron chi connectivity index (χ3n) is 2.82. The molecule has 1 unspecified atom stereocenters. The van der Waals surface area contributed by atoms with Gasteiger partial charge in [-0.15, -0.1) is 23.7 Å². The van der Waals surface area contributed by atoms with Crippen LogP contribution in [0.25, 0.3) is 10.6 Å². The lowest BCUT2D eigenvalue weighted by Crippen LogP contribution is -2.34. The van der Waals surface area contributed by atoms with Crippen molar-refractivity contribution in [2.45, 2.75) is 6.04 Å². The quantitative estimate of drug-likeness (QED) is 0.920. The van der Waals surface area contributed by atoms with Gasteiger partial charge in [0.25, 0.3) is 0 Å². The molecule has 1 aromatic heterocycles. The number of halogens is 1. The highest BCUT2D eigenvalue weighted by Gasteiger charge is 2.18. The molecule has 5 heteroatoms. The van der Waals surface area contributed by atoms with Crippen LogP contribution < -0.4 is 5.32 Å². The lowest BCUT2D eigenvalue weighted by atomic mass is 10.2. The molecule has 1 aliphatic heterocycles. The highest BCUT2D eigenvalue weighted by molar-refractivity contribution is 7.13. The lowest BCUT2D eigenvalue weighted by molar-refractivity contribution is 0.0758. The number of thiazole rings is 1. The molecular formula is C13H15ClN2OS. The first-order valence-electron chi connectivity index (χ1n) is 5.75. The van der Waals surface area contributed by atoms with Crippen molar-refractivity contribution in [2.24, 2.45) is 0 Å². The number of rotatable bonds is 2. The zero-order valence-corrected chi connectivity index (χ0v) is 11.5. The van der Waals surface area contributed by atoms with E-state index >= 15 is 0 Å². The molecule has 1 atom stereocenters. The van der Waals surface area contributed by atoms with E-state index in [-0.39, 0.29) is 18.4 Å². The topological polar surface area (TPSA) is 34.1 Å². The van der Waals surface area contributed by atoms with Crippen molar-refractivity contribution in [2.75, 3.05) is 19.8 Å². The van der Waals surface area contributed by atoms with E-state index < -0.39 is 0 Å². The molecule has 96 valence electrons. The predicted molar refractivity (Wildman–Crippen MR) is 76.4 cm³/mol. The van der Waals surface area contributed by atoms with Crippen LogP contribution in [0.15, 0.2) is 35.7 Å². The summed E-state index contributed by atoms with van der Waals surface area (Å²) in [4.78, 5) is 4.68. The molecule has 1 aromatic carbocycles. The van der Waals surface area contributed by atoms with E-state index in [9.17, 15) is 0 Å². The second kappa shape index (κ2) is 6.29. The zero-order chi connectivity index (χ0) is 11.5. The van der Waals surface area contributed by atoms with Crippen molar-refractivity contribution in [1.29, 1.82) is 0 Å². The minimum Gasteiger partial charge on any atom is -0.378 e. The summed E-state index contributed by atoms with van der Waals surface area (Å²) in [5.41, 5.74) is 2.27. The smallest absolute Gasteiger partial charge is 0.123 e. The molecule has 0 bridgehead atoms. The molecule has 0 amide bonds. The summed E-state index contributed by atoms with van der Waals surface area (Å²) in [6.45, 7) is 2.42. The van der Waals surface area contributed by atoms with E-state index in [0.29, 0.717) is 0 Å². The molecule has 1 fully saturated rings. The fraction of sp³-hybridized carbons (Fsp3) is 0.308. The molecule has 3 nitrogen and oxygen atoms in total. The minimum absolute atomic E-state index is 0. The van der Waals surface area contributed by atoms with E-state index in [1.807, 2.05) is 18.2 Å². The van der Waals surface area contributed by atoms with Crippen molar-refractivity contribution < 1.29 is 4.74 Å². The first-order chi connectivity index (χ1) is 8.43. The number of morpholine rings is 1. The van der Waals surface area contributed by atoms with Crippen LogP contribution in [0.2, 0.25) is 0 Å². The van der Waals surface area contributed by atoms with Gasteiger partial charge in [0.2, 0.25) is 0 Å². The molecule has 2 heterocycles. The molecule has 1 saturated heterocycles. The SMILES string of the molecule is Cl.c1ccc(-c2nc(C3COCCN3)cs2)cc1. The normalized spacial score (nSPS) is 19.2. The molecule has 3 rings (SSSR count). The Labute approximate surface area is 117 Å². The molecule has 0 spiro atoms. The van der Waals surface area contributed by atoms with Crippen LogP contribution in [-0.2, 0) is 4.74 Å². The van der Waals surface area contributed by atoms with Crippen LogP contribution in [0.4, 0.5) is 0 Å². The van der Waals surface area contributed by atoms with Gasteiger partial charge >= 0.3 is 0 Å². The van der Waals surface area contributed by atoms with E-state index in [2.05, 4.69) is 27.8 Å². The molecule has 1 N–H and O–H groups in total. The number of benzene rings is 1. The van der Waals surface area contributed by atoms with Crippen molar-refractivity contribution in [1.82, 2.24) is 10.3 Å². The fourth-order valence-electron chi connectivity index (χ4n) is 1.91. The van der Waals surface area contributed by atoms with Gasteiger partial charge in [-0.1, -0.05) is 30.3 Å². The number of nitrogens with zero attached hydrogens (tertiary/aromatic N) is 1. The molecule has 0 aliphatic carbocycles. The Balaban J connectivity index is 0.00000120. The Bertz CT molecular complexity index is 483. The summed E-state index contributed by atoms with van der Waals surface area (Å²) in [5, 5.41) is 6.62.